The van der Waals surface area contributed by atoms with Gasteiger partial charge < -0.3 is 14.0 Å². The van der Waals surface area contributed by atoms with Crippen LogP contribution in [0.15, 0.2) is 35.5 Å². The third-order valence-electron chi connectivity index (χ3n) is 4.28. The van der Waals surface area contributed by atoms with Crippen LogP contribution >= 0.6 is 11.3 Å². The Morgan fingerprint density at radius 1 is 1.23 bits per heavy atom. The predicted molar refractivity (Wildman–Crippen MR) is 110 cm³/mol. The summed E-state index contributed by atoms with van der Waals surface area (Å²) >= 11 is 1.20. The molecule has 0 unspecified atom stereocenters. The van der Waals surface area contributed by atoms with Crippen LogP contribution in [0.4, 0.5) is 0 Å². The fourth-order valence-corrected chi connectivity index (χ4v) is 3.95. The summed E-state index contributed by atoms with van der Waals surface area (Å²) in [5.74, 6) is -1.40. The predicted octanol–water partition coefficient (Wildman–Crippen LogP) is 2.57. The van der Waals surface area contributed by atoms with Gasteiger partial charge in [-0.25, -0.2) is 4.79 Å². The van der Waals surface area contributed by atoms with Crippen LogP contribution in [0, 0.1) is 0 Å². The summed E-state index contributed by atoms with van der Waals surface area (Å²) in [6.45, 7) is 5.71. The van der Waals surface area contributed by atoms with E-state index in [1.165, 1.54) is 18.4 Å². The summed E-state index contributed by atoms with van der Waals surface area (Å²) in [5, 5.41) is 4.16. The number of hydrogen-bond donors (Lipinski definition) is 0. The molecular formula is C20H22N4O5S. The normalized spacial score (nSPS) is 11.8. The summed E-state index contributed by atoms with van der Waals surface area (Å²) in [6, 6.07) is 6.56. The SMILES string of the molecule is CCOC(=O)c1ccc2c(c1)sc(=NC(=O)c1ccnn1C(C)C)n2CC(=O)OC. The zero-order valence-electron chi connectivity index (χ0n) is 17.1. The van der Waals surface area contributed by atoms with Crippen molar-refractivity contribution in [2.75, 3.05) is 13.7 Å². The number of carbonyl (C=O) groups excluding carboxylic acids is 3. The Balaban J connectivity index is 2.13. The molecule has 0 aliphatic carbocycles. The van der Waals surface area contributed by atoms with Crippen LogP contribution in [-0.2, 0) is 20.8 Å². The van der Waals surface area contributed by atoms with Gasteiger partial charge in [-0.15, -0.1) is 0 Å². The molecule has 0 bridgehead atoms. The number of amides is 1. The molecule has 3 aromatic rings. The number of fused-ring (bicyclic) bond motifs is 1. The first-order valence-electron chi connectivity index (χ1n) is 9.35. The van der Waals surface area contributed by atoms with Crippen molar-refractivity contribution in [1.29, 1.82) is 0 Å². The zero-order chi connectivity index (χ0) is 21.8. The van der Waals surface area contributed by atoms with Crippen molar-refractivity contribution < 1.29 is 23.9 Å². The van der Waals surface area contributed by atoms with Crippen molar-refractivity contribution in [1.82, 2.24) is 14.3 Å². The zero-order valence-corrected chi connectivity index (χ0v) is 17.9. The van der Waals surface area contributed by atoms with E-state index in [0.717, 1.165) is 0 Å². The highest BCUT2D eigenvalue weighted by Crippen LogP contribution is 2.20. The van der Waals surface area contributed by atoms with Gasteiger partial charge in [0.2, 0.25) is 0 Å². The fourth-order valence-electron chi connectivity index (χ4n) is 2.89. The average Bonchev–Trinajstić information content (AvgIpc) is 3.33. The van der Waals surface area contributed by atoms with Gasteiger partial charge in [0.15, 0.2) is 4.80 Å². The Labute approximate surface area is 176 Å². The van der Waals surface area contributed by atoms with Gasteiger partial charge >= 0.3 is 11.9 Å². The molecule has 10 heteroatoms. The van der Waals surface area contributed by atoms with E-state index in [2.05, 4.69) is 10.1 Å². The summed E-state index contributed by atoms with van der Waals surface area (Å²) in [7, 11) is 1.29. The lowest BCUT2D eigenvalue weighted by molar-refractivity contribution is -0.141. The highest BCUT2D eigenvalue weighted by atomic mass is 32.1. The Morgan fingerprint density at radius 3 is 2.67 bits per heavy atom. The second kappa shape index (κ2) is 9.04. The number of carbonyl (C=O) groups is 3. The van der Waals surface area contributed by atoms with E-state index < -0.39 is 17.8 Å². The van der Waals surface area contributed by atoms with E-state index in [-0.39, 0.29) is 19.2 Å². The number of methoxy groups -OCH3 is 1. The van der Waals surface area contributed by atoms with Crippen molar-refractivity contribution in [3.05, 3.63) is 46.5 Å². The molecule has 0 atom stereocenters. The standard InChI is InChI=1S/C20H22N4O5S/c1-5-29-19(27)13-6-7-14-16(10-13)30-20(23(14)11-17(25)28-4)22-18(26)15-8-9-21-24(15)12(2)3/h6-10,12H,5,11H2,1-4H3. The molecule has 0 aliphatic rings. The van der Waals surface area contributed by atoms with Gasteiger partial charge in [0.25, 0.3) is 5.91 Å². The lowest BCUT2D eigenvalue weighted by Crippen LogP contribution is -2.23. The van der Waals surface area contributed by atoms with E-state index in [1.54, 1.807) is 46.6 Å². The minimum Gasteiger partial charge on any atom is -0.468 e. The topological polar surface area (TPSA) is 105 Å². The maximum absolute atomic E-state index is 12.8. The largest absolute Gasteiger partial charge is 0.468 e. The summed E-state index contributed by atoms with van der Waals surface area (Å²) in [6.07, 6.45) is 1.54. The van der Waals surface area contributed by atoms with Crippen molar-refractivity contribution >= 4 is 39.4 Å². The summed E-state index contributed by atoms with van der Waals surface area (Å²) in [4.78, 5) is 41.4. The highest BCUT2D eigenvalue weighted by Gasteiger charge is 2.17. The Bertz CT molecular complexity index is 1170. The Morgan fingerprint density at radius 2 is 2.00 bits per heavy atom. The van der Waals surface area contributed by atoms with E-state index in [0.29, 0.717) is 26.3 Å². The Kier molecular flexibility index (Phi) is 6.46. The average molecular weight is 430 g/mol. The van der Waals surface area contributed by atoms with Gasteiger partial charge in [-0.1, -0.05) is 11.3 Å². The molecule has 1 amide bonds. The first-order chi connectivity index (χ1) is 14.3. The molecule has 0 N–H and O–H groups in total. The second-order valence-corrected chi connectivity index (χ2v) is 7.63. The molecule has 0 saturated carbocycles. The lowest BCUT2D eigenvalue weighted by atomic mass is 10.2. The van der Waals surface area contributed by atoms with Crippen LogP contribution in [0.25, 0.3) is 10.2 Å². The smallest absolute Gasteiger partial charge is 0.338 e. The van der Waals surface area contributed by atoms with Gasteiger partial charge in [-0.3, -0.25) is 14.3 Å². The van der Waals surface area contributed by atoms with Gasteiger partial charge in [-0.2, -0.15) is 10.1 Å². The Hall–Kier alpha value is -3.27. The van der Waals surface area contributed by atoms with Crippen LogP contribution < -0.4 is 4.80 Å². The van der Waals surface area contributed by atoms with Gasteiger partial charge in [-0.05, 0) is 45.0 Å². The van der Waals surface area contributed by atoms with Crippen LogP contribution in [0.1, 0.15) is 47.7 Å². The first-order valence-corrected chi connectivity index (χ1v) is 10.2. The molecule has 1 aromatic carbocycles. The molecule has 0 fully saturated rings. The number of nitrogens with zero attached hydrogens (tertiary/aromatic N) is 4. The molecule has 2 heterocycles. The van der Waals surface area contributed by atoms with Crippen LogP contribution in [0.3, 0.4) is 0 Å². The second-order valence-electron chi connectivity index (χ2n) is 6.62. The van der Waals surface area contributed by atoms with E-state index in [9.17, 15) is 14.4 Å². The van der Waals surface area contributed by atoms with Crippen molar-refractivity contribution in [2.45, 2.75) is 33.4 Å². The number of hydrogen-bond acceptors (Lipinski definition) is 7. The van der Waals surface area contributed by atoms with Gasteiger partial charge in [0.1, 0.15) is 12.2 Å². The van der Waals surface area contributed by atoms with Crippen LogP contribution in [-0.4, -0.2) is 45.9 Å². The molecule has 0 saturated heterocycles. The van der Waals surface area contributed by atoms with E-state index in [1.807, 2.05) is 13.8 Å². The summed E-state index contributed by atoms with van der Waals surface area (Å²) < 4.78 is 13.7. The van der Waals surface area contributed by atoms with Crippen LogP contribution in [0.2, 0.25) is 0 Å². The molecule has 2 aromatic heterocycles. The van der Waals surface area contributed by atoms with E-state index >= 15 is 0 Å². The molecule has 0 spiro atoms. The molecule has 0 radical (unpaired) electrons. The molecule has 3 rings (SSSR count). The highest BCUT2D eigenvalue weighted by molar-refractivity contribution is 7.16. The van der Waals surface area contributed by atoms with Crippen molar-refractivity contribution in [3.8, 4) is 0 Å². The minimum absolute atomic E-state index is 0.00844. The third kappa shape index (κ3) is 4.33. The van der Waals surface area contributed by atoms with Gasteiger partial charge in [0, 0.05) is 12.2 Å². The lowest BCUT2D eigenvalue weighted by Gasteiger charge is -2.08. The molecular weight excluding hydrogens is 408 g/mol. The number of benzene rings is 1. The number of rotatable bonds is 6. The summed E-state index contributed by atoms with van der Waals surface area (Å²) in [5.41, 5.74) is 1.38. The molecule has 158 valence electrons. The monoisotopic (exact) mass is 430 g/mol. The fraction of sp³-hybridized carbons (Fsp3) is 0.350. The maximum Gasteiger partial charge on any atom is 0.338 e. The molecule has 30 heavy (non-hydrogen) atoms. The quantitative estimate of drug-likeness (QED) is 0.557. The molecule has 9 nitrogen and oxygen atoms in total. The van der Waals surface area contributed by atoms with E-state index in [4.69, 9.17) is 9.47 Å². The minimum atomic E-state index is -0.481. The van der Waals surface area contributed by atoms with Crippen molar-refractivity contribution in [3.63, 3.8) is 0 Å². The number of esters is 2. The van der Waals surface area contributed by atoms with Crippen LogP contribution in [0.5, 0.6) is 0 Å². The number of aromatic nitrogens is 3. The van der Waals surface area contributed by atoms with Gasteiger partial charge in [0.05, 0.1) is 29.5 Å². The molecule has 0 aliphatic heterocycles. The van der Waals surface area contributed by atoms with Crippen molar-refractivity contribution in [2.24, 2.45) is 4.99 Å². The number of ether oxygens (including phenoxy) is 2. The maximum atomic E-state index is 12.8. The number of thiazole rings is 1. The third-order valence-corrected chi connectivity index (χ3v) is 5.33. The first kappa shape index (κ1) is 21.4.